The number of rotatable bonds is 6. The fourth-order valence-corrected chi connectivity index (χ4v) is 4.12. The number of ether oxygens (including phenoxy) is 2. The first-order valence-corrected chi connectivity index (χ1v) is 8.90. The van der Waals surface area contributed by atoms with Gasteiger partial charge in [-0.15, -0.1) is 0 Å². The Labute approximate surface area is 148 Å². The average molecular weight is 350 g/mol. The lowest BCUT2D eigenvalue weighted by Gasteiger charge is -2.41. The Bertz CT molecular complexity index is 581. The summed E-state index contributed by atoms with van der Waals surface area (Å²) in [4.78, 5) is 17.2. The summed E-state index contributed by atoms with van der Waals surface area (Å²) in [6, 6.07) is 6.37. The number of benzene rings is 1. The second-order valence-corrected chi connectivity index (χ2v) is 6.94. The molecule has 0 aromatic heterocycles. The van der Waals surface area contributed by atoms with E-state index in [0.29, 0.717) is 18.9 Å². The van der Waals surface area contributed by atoms with Crippen LogP contribution < -0.4 is 0 Å². The second-order valence-electron chi connectivity index (χ2n) is 6.94. The fraction of sp³-hybridized carbons (Fsp3) is 0.632. The van der Waals surface area contributed by atoms with Crippen LogP contribution in [0, 0.1) is 11.7 Å². The number of carbonyl (C=O) groups is 1. The maximum Gasteiger partial charge on any atom is 0.227 e. The van der Waals surface area contributed by atoms with Crippen molar-refractivity contribution in [2.75, 3.05) is 47.0 Å². The smallest absolute Gasteiger partial charge is 0.227 e. The van der Waals surface area contributed by atoms with Crippen LogP contribution in [0.15, 0.2) is 24.3 Å². The Balaban J connectivity index is 1.68. The summed E-state index contributed by atoms with van der Waals surface area (Å²) in [5.74, 6) is 0.180. The number of hydrogen-bond donors (Lipinski definition) is 0. The Kier molecular flexibility index (Phi) is 6.04. The van der Waals surface area contributed by atoms with E-state index in [9.17, 15) is 9.18 Å². The van der Waals surface area contributed by atoms with E-state index in [-0.39, 0.29) is 23.9 Å². The normalized spacial score (nSPS) is 26.7. The number of halogens is 1. The summed E-state index contributed by atoms with van der Waals surface area (Å²) in [6.07, 6.45) is 1.39. The van der Waals surface area contributed by atoms with E-state index in [2.05, 4.69) is 4.90 Å². The first-order chi connectivity index (χ1) is 12.1. The monoisotopic (exact) mass is 350 g/mol. The van der Waals surface area contributed by atoms with Crippen LogP contribution in [0.2, 0.25) is 0 Å². The Morgan fingerprint density at radius 2 is 2.00 bits per heavy atom. The van der Waals surface area contributed by atoms with Crippen molar-refractivity contribution in [3.63, 3.8) is 0 Å². The van der Waals surface area contributed by atoms with Crippen LogP contribution in [0.1, 0.15) is 12.0 Å². The summed E-state index contributed by atoms with van der Waals surface area (Å²) < 4.78 is 23.9. The van der Waals surface area contributed by atoms with E-state index in [1.807, 2.05) is 4.90 Å². The summed E-state index contributed by atoms with van der Waals surface area (Å²) in [7, 11) is 3.47. The minimum absolute atomic E-state index is 0.116. The molecule has 0 spiro atoms. The van der Waals surface area contributed by atoms with Gasteiger partial charge >= 0.3 is 0 Å². The van der Waals surface area contributed by atoms with Crippen molar-refractivity contribution in [1.29, 1.82) is 0 Å². The first-order valence-electron chi connectivity index (χ1n) is 8.90. The minimum Gasteiger partial charge on any atom is -0.383 e. The molecule has 0 bridgehead atoms. The van der Waals surface area contributed by atoms with E-state index in [4.69, 9.17) is 9.47 Å². The molecule has 3 rings (SSSR count). The van der Waals surface area contributed by atoms with Crippen molar-refractivity contribution < 1.29 is 18.7 Å². The maximum absolute atomic E-state index is 13.1. The van der Waals surface area contributed by atoms with Gasteiger partial charge in [-0.05, 0) is 24.1 Å². The quantitative estimate of drug-likeness (QED) is 0.781. The predicted octanol–water partition coefficient (Wildman–Crippen LogP) is 1.56. The average Bonchev–Trinajstić information content (AvgIpc) is 3.05. The van der Waals surface area contributed by atoms with Crippen LogP contribution in [0.25, 0.3) is 0 Å². The molecule has 138 valence electrons. The Morgan fingerprint density at radius 3 is 2.68 bits per heavy atom. The lowest BCUT2D eigenvalue weighted by atomic mass is 9.88. The van der Waals surface area contributed by atoms with Crippen LogP contribution in [0.3, 0.4) is 0 Å². The summed E-state index contributed by atoms with van der Waals surface area (Å²) in [6.45, 7) is 4.09. The van der Waals surface area contributed by atoms with Crippen LogP contribution in [0.4, 0.5) is 4.39 Å². The lowest BCUT2D eigenvalue weighted by molar-refractivity contribution is -0.138. The molecule has 5 nitrogen and oxygen atoms in total. The number of hydrogen-bond acceptors (Lipinski definition) is 4. The molecule has 2 aliphatic rings. The van der Waals surface area contributed by atoms with E-state index >= 15 is 0 Å². The Morgan fingerprint density at radius 1 is 1.24 bits per heavy atom. The zero-order chi connectivity index (χ0) is 17.8. The van der Waals surface area contributed by atoms with Gasteiger partial charge in [0.05, 0.1) is 25.2 Å². The number of methoxy groups -OCH3 is 2. The van der Waals surface area contributed by atoms with Gasteiger partial charge in [-0.3, -0.25) is 9.69 Å². The van der Waals surface area contributed by atoms with E-state index < -0.39 is 0 Å². The molecule has 0 aliphatic carbocycles. The highest BCUT2D eigenvalue weighted by Crippen LogP contribution is 2.32. The number of likely N-dealkylation sites (tertiary alicyclic amines) is 2. The van der Waals surface area contributed by atoms with Crippen molar-refractivity contribution >= 4 is 5.91 Å². The van der Waals surface area contributed by atoms with Gasteiger partial charge in [-0.25, -0.2) is 4.39 Å². The van der Waals surface area contributed by atoms with Gasteiger partial charge < -0.3 is 14.4 Å². The molecule has 0 radical (unpaired) electrons. The van der Waals surface area contributed by atoms with Crippen molar-refractivity contribution in [3.8, 4) is 0 Å². The van der Waals surface area contributed by atoms with E-state index in [0.717, 1.165) is 38.2 Å². The van der Waals surface area contributed by atoms with Crippen molar-refractivity contribution in [1.82, 2.24) is 9.80 Å². The van der Waals surface area contributed by atoms with E-state index in [1.54, 1.807) is 26.4 Å². The first kappa shape index (κ1) is 18.3. The SMILES string of the molecule is COCCN1C[C@H]2[C@H](OC)CCN(C(=O)Cc3ccc(F)cc3)[C@H]2C1. The molecular weight excluding hydrogens is 323 g/mol. The highest BCUT2D eigenvalue weighted by Gasteiger charge is 2.45. The fourth-order valence-electron chi connectivity index (χ4n) is 4.12. The lowest BCUT2D eigenvalue weighted by Crippen LogP contribution is -2.54. The second kappa shape index (κ2) is 8.25. The molecule has 1 aromatic carbocycles. The summed E-state index contributed by atoms with van der Waals surface area (Å²) >= 11 is 0. The molecule has 25 heavy (non-hydrogen) atoms. The number of nitrogens with zero attached hydrogens (tertiary/aromatic N) is 2. The molecule has 2 aliphatic heterocycles. The van der Waals surface area contributed by atoms with Gasteiger partial charge in [0.15, 0.2) is 0 Å². The Hall–Kier alpha value is -1.50. The molecule has 2 heterocycles. The van der Waals surface area contributed by atoms with Crippen LogP contribution >= 0.6 is 0 Å². The number of carbonyl (C=O) groups excluding carboxylic acids is 1. The van der Waals surface area contributed by atoms with Gasteiger partial charge in [0, 0.05) is 46.3 Å². The van der Waals surface area contributed by atoms with Gasteiger partial charge in [0.1, 0.15) is 5.82 Å². The highest BCUT2D eigenvalue weighted by molar-refractivity contribution is 5.79. The van der Waals surface area contributed by atoms with Crippen molar-refractivity contribution in [2.45, 2.75) is 25.0 Å². The van der Waals surface area contributed by atoms with Crippen molar-refractivity contribution in [3.05, 3.63) is 35.6 Å². The van der Waals surface area contributed by atoms with Crippen molar-refractivity contribution in [2.24, 2.45) is 5.92 Å². The molecule has 0 saturated carbocycles. The van der Waals surface area contributed by atoms with E-state index in [1.165, 1.54) is 12.1 Å². The van der Waals surface area contributed by atoms with Crippen LogP contribution in [0.5, 0.6) is 0 Å². The van der Waals surface area contributed by atoms with Gasteiger partial charge in [0.2, 0.25) is 5.91 Å². The topological polar surface area (TPSA) is 42.0 Å². The third-order valence-electron chi connectivity index (χ3n) is 5.44. The molecule has 3 atom stereocenters. The van der Waals surface area contributed by atoms with Gasteiger partial charge in [-0.2, -0.15) is 0 Å². The zero-order valence-electron chi connectivity index (χ0n) is 15.0. The minimum atomic E-state index is -0.276. The summed E-state index contributed by atoms with van der Waals surface area (Å²) in [5.41, 5.74) is 0.853. The number of piperidine rings is 1. The van der Waals surface area contributed by atoms with Crippen LogP contribution in [-0.2, 0) is 20.7 Å². The molecule has 0 N–H and O–H groups in total. The van der Waals surface area contributed by atoms with Gasteiger partial charge in [0.25, 0.3) is 0 Å². The molecule has 1 amide bonds. The predicted molar refractivity (Wildman–Crippen MR) is 92.8 cm³/mol. The molecule has 1 aromatic rings. The zero-order valence-corrected chi connectivity index (χ0v) is 15.0. The third-order valence-corrected chi connectivity index (χ3v) is 5.44. The summed E-state index contributed by atoms with van der Waals surface area (Å²) in [5, 5.41) is 0. The standard InChI is InChI=1S/C19H27FN2O3/c1-24-10-9-21-12-16-17(13-21)22(8-7-18(16)25-2)19(23)11-14-3-5-15(20)6-4-14/h3-6,16-18H,7-13H2,1-2H3/t16-,17+,18-/m1/s1. The maximum atomic E-state index is 13.1. The molecule has 2 saturated heterocycles. The molecular formula is C19H27FN2O3. The largest absolute Gasteiger partial charge is 0.383 e. The van der Waals surface area contributed by atoms with Crippen LogP contribution in [-0.4, -0.2) is 74.9 Å². The molecule has 6 heteroatoms. The van der Waals surface area contributed by atoms with Gasteiger partial charge in [-0.1, -0.05) is 12.1 Å². The highest BCUT2D eigenvalue weighted by atomic mass is 19.1. The molecule has 2 fully saturated rings. The molecule has 0 unspecified atom stereocenters. The number of amides is 1. The third kappa shape index (κ3) is 4.19. The number of fused-ring (bicyclic) bond motifs is 1.